The van der Waals surface area contributed by atoms with Gasteiger partial charge in [0.1, 0.15) is 6.17 Å². The van der Waals surface area contributed by atoms with Crippen molar-refractivity contribution in [2.24, 2.45) is 17.1 Å². The fourth-order valence-electron chi connectivity index (χ4n) is 1.59. The van der Waals surface area contributed by atoms with Gasteiger partial charge in [0.05, 0.1) is 0 Å². The first-order valence-electron chi connectivity index (χ1n) is 4.59. The molecular formula is C10H18FN. The maximum atomic E-state index is 12.7. The lowest BCUT2D eigenvalue weighted by Gasteiger charge is -2.33. The molecule has 0 aromatic carbocycles. The van der Waals surface area contributed by atoms with E-state index >= 15 is 0 Å². The van der Waals surface area contributed by atoms with Crippen LogP contribution in [0, 0.1) is 11.3 Å². The number of hydrogen-bond donors (Lipinski definition) is 1. The molecule has 0 heterocycles. The van der Waals surface area contributed by atoms with Crippen LogP contribution in [-0.4, -0.2) is 12.7 Å². The molecule has 0 saturated carbocycles. The van der Waals surface area contributed by atoms with Gasteiger partial charge in [-0.1, -0.05) is 26.0 Å². The molecule has 0 aromatic rings. The van der Waals surface area contributed by atoms with E-state index in [2.05, 4.69) is 13.8 Å². The number of halogens is 1. The molecule has 2 N–H and O–H groups in total. The summed E-state index contributed by atoms with van der Waals surface area (Å²) in [5.74, 6) is 0.453. The molecule has 12 heavy (non-hydrogen) atoms. The van der Waals surface area contributed by atoms with E-state index in [9.17, 15) is 4.39 Å². The lowest BCUT2D eigenvalue weighted by molar-refractivity contribution is 0.220. The van der Waals surface area contributed by atoms with Crippen LogP contribution in [0.3, 0.4) is 0 Å². The van der Waals surface area contributed by atoms with Crippen LogP contribution in [0.5, 0.6) is 0 Å². The largest absolute Gasteiger partial charge is 0.330 e. The highest BCUT2D eigenvalue weighted by atomic mass is 19.1. The Balaban J connectivity index is 2.60. The summed E-state index contributed by atoms with van der Waals surface area (Å²) in [5, 5.41) is 0. The van der Waals surface area contributed by atoms with Crippen molar-refractivity contribution in [3.05, 3.63) is 12.2 Å². The second kappa shape index (κ2) is 3.56. The molecule has 0 spiro atoms. The highest BCUT2D eigenvalue weighted by Gasteiger charge is 2.28. The van der Waals surface area contributed by atoms with Gasteiger partial charge in [0, 0.05) is 0 Å². The van der Waals surface area contributed by atoms with Crippen LogP contribution in [0.25, 0.3) is 0 Å². The Morgan fingerprint density at radius 3 is 2.50 bits per heavy atom. The second-order valence-electron chi connectivity index (χ2n) is 4.28. The molecule has 1 rings (SSSR count). The smallest absolute Gasteiger partial charge is 0.118 e. The maximum absolute atomic E-state index is 12.7. The summed E-state index contributed by atoms with van der Waals surface area (Å²) < 4.78 is 12.7. The van der Waals surface area contributed by atoms with Gasteiger partial charge in [-0.15, -0.1) is 0 Å². The molecule has 1 nitrogen and oxygen atoms in total. The minimum atomic E-state index is -0.727. The topological polar surface area (TPSA) is 26.0 Å². The fourth-order valence-corrected chi connectivity index (χ4v) is 1.59. The quantitative estimate of drug-likeness (QED) is 0.634. The predicted octanol–water partition coefficient (Wildman–Crippen LogP) is 2.28. The van der Waals surface area contributed by atoms with Crippen molar-refractivity contribution < 1.29 is 4.39 Å². The lowest BCUT2D eigenvalue weighted by Crippen LogP contribution is -2.33. The Labute approximate surface area is 73.8 Å². The molecule has 2 atom stereocenters. The third-order valence-electron chi connectivity index (χ3n) is 2.84. The molecule has 2 heteroatoms. The number of hydrogen-bond acceptors (Lipinski definition) is 1. The first-order chi connectivity index (χ1) is 5.56. The molecule has 0 aromatic heterocycles. The van der Waals surface area contributed by atoms with Gasteiger partial charge in [-0.25, -0.2) is 4.39 Å². The first-order valence-corrected chi connectivity index (χ1v) is 4.59. The van der Waals surface area contributed by atoms with Gasteiger partial charge in [0.15, 0.2) is 0 Å². The average molecular weight is 171 g/mol. The van der Waals surface area contributed by atoms with Gasteiger partial charge in [-0.2, -0.15) is 0 Å². The van der Waals surface area contributed by atoms with Crippen LogP contribution >= 0.6 is 0 Å². The Kier molecular flexibility index (Phi) is 2.89. The minimum absolute atomic E-state index is 0.122. The summed E-state index contributed by atoms with van der Waals surface area (Å²) in [5.41, 5.74) is 5.77. The summed E-state index contributed by atoms with van der Waals surface area (Å²) in [6.45, 7) is 4.94. The van der Waals surface area contributed by atoms with E-state index in [0.29, 0.717) is 18.9 Å². The summed E-state index contributed by atoms with van der Waals surface area (Å²) in [6, 6.07) is 0. The van der Waals surface area contributed by atoms with Crippen LogP contribution < -0.4 is 5.73 Å². The van der Waals surface area contributed by atoms with Crippen LogP contribution in [0.15, 0.2) is 12.2 Å². The first kappa shape index (κ1) is 9.72. The zero-order valence-electron chi connectivity index (χ0n) is 7.89. The normalized spacial score (nSPS) is 30.7. The number of allylic oxidation sites excluding steroid dienone is 2. The van der Waals surface area contributed by atoms with E-state index in [1.165, 1.54) is 0 Å². The summed E-state index contributed by atoms with van der Waals surface area (Å²) in [6.07, 6.45) is 4.52. The number of alkyl halides is 1. The highest BCUT2D eigenvalue weighted by Crippen LogP contribution is 2.34. The van der Waals surface area contributed by atoms with Crippen molar-refractivity contribution in [2.75, 3.05) is 6.54 Å². The van der Waals surface area contributed by atoms with Gasteiger partial charge in [-0.3, -0.25) is 0 Å². The molecule has 0 amide bonds. The molecular weight excluding hydrogens is 153 g/mol. The van der Waals surface area contributed by atoms with Crippen LogP contribution in [0.1, 0.15) is 26.7 Å². The van der Waals surface area contributed by atoms with Crippen LogP contribution in [0.2, 0.25) is 0 Å². The molecule has 1 unspecified atom stereocenters. The van der Waals surface area contributed by atoms with E-state index in [0.717, 1.165) is 6.42 Å². The second-order valence-corrected chi connectivity index (χ2v) is 4.28. The molecule has 0 saturated heterocycles. The van der Waals surface area contributed by atoms with Crippen molar-refractivity contribution in [3.8, 4) is 0 Å². The Hall–Kier alpha value is -0.370. The summed E-state index contributed by atoms with van der Waals surface area (Å²) in [7, 11) is 0. The van der Waals surface area contributed by atoms with Gasteiger partial charge >= 0.3 is 0 Å². The lowest BCUT2D eigenvalue weighted by atomic mass is 9.74. The van der Waals surface area contributed by atoms with Gasteiger partial charge in [-0.05, 0) is 30.7 Å². The van der Waals surface area contributed by atoms with E-state index in [1.807, 2.05) is 6.08 Å². The molecule has 1 aliphatic carbocycles. The van der Waals surface area contributed by atoms with Crippen molar-refractivity contribution in [1.82, 2.24) is 0 Å². The summed E-state index contributed by atoms with van der Waals surface area (Å²) in [4.78, 5) is 0. The van der Waals surface area contributed by atoms with E-state index < -0.39 is 6.17 Å². The zero-order valence-corrected chi connectivity index (χ0v) is 7.89. The monoisotopic (exact) mass is 171 g/mol. The van der Waals surface area contributed by atoms with Crippen molar-refractivity contribution >= 4 is 0 Å². The Bertz CT molecular complexity index is 175. The van der Waals surface area contributed by atoms with Crippen LogP contribution in [0.4, 0.5) is 4.39 Å². The molecule has 1 aliphatic rings. The van der Waals surface area contributed by atoms with Crippen molar-refractivity contribution in [3.63, 3.8) is 0 Å². The van der Waals surface area contributed by atoms with Crippen molar-refractivity contribution in [1.29, 1.82) is 0 Å². The number of nitrogens with two attached hydrogens (primary N) is 1. The maximum Gasteiger partial charge on any atom is 0.118 e. The third kappa shape index (κ3) is 2.07. The number of rotatable bonds is 2. The van der Waals surface area contributed by atoms with E-state index in [1.54, 1.807) is 6.08 Å². The molecule has 0 aliphatic heterocycles. The standard InChI is InChI=1S/C10H18FN/c1-10(2,7-12)8-3-5-9(11)6-4-8/h3,5,8-9H,4,6-7,12H2,1-2H3/t8?,9-/m1/s1. The third-order valence-corrected chi connectivity index (χ3v) is 2.84. The van der Waals surface area contributed by atoms with Crippen molar-refractivity contribution in [2.45, 2.75) is 32.9 Å². The molecule has 0 bridgehead atoms. The van der Waals surface area contributed by atoms with Gasteiger partial charge in [0.25, 0.3) is 0 Å². The fraction of sp³-hybridized carbons (Fsp3) is 0.800. The van der Waals surface area contributed by atoms with E-state index in [-0.39, 0.29) is 5.41 Å². The van der Waals surface area contributed by atoms with Gasteiger partial charge in [0.2, 0.25) is 0 Å². The van der Waals surface area contributed by atoms with Gasteiger partial charge < -0.3 is 5.73 Å². The minimum Gasteiger partial charge on any atom is -0.330 e. The molecule has 0 radical (unpaired) electrons. The zero-order chi connectivity index (χ0) is 9.19. The summed E-state index contributed by atoms with van der Waals surface area (Å²) >= 11 is 0. The Morgan fingerprint density at radius 1 is 1.42 bits per heavy atom. The highest BCUT2D eigenvalue weighted by molar-refractivity contribution is 5.03. The van der Waals surface area contributed by atoms with E-state index in [4.69, 9.17) is 5.73 Å². The average Bonchev–Trinajstić information content (AvgIpc) is 2.05. The predicted molar refractivity (Wildman–Crippen MR) is 49.6 cm³/mol. The molecule has 0 fully saturated rings. The molecule has 70 valence electrons. The van der Waals surface area contributed by atoms with Crippen LogP contribution in [-0.2, 0) is 0 Å². The Morgan fingerprint density at radius 2 is 2.08 bits per heavy atom. The SMILES string of the molecule is CC(C)(CN)C1C=C[C@@H](F)CC1.